The highest BCUT2D eigenvalue weighted by atomic mass is 32.1. The number of hydrogen-bond donors (Lipinski definition) is 1. The van der Waals surface area contributed by atoms with E-state index in [0.717, 1.165) is 11.4 Å². The SMILES string of the molecule is COc1ccc(N(c2cccc3ccccc23)C(S)C2CCCCC2)cc1. The molecule has 0 amide bonds. The van der Waals surface area contributed by atoms with E-state index in [2.05, 4.69) is 59.5 Å². The molecule has 0 aliphatic heterocycles. The van der Waals surface area contributed by atoms with Crippen LogP contribution in [0, 0.1) is 5.92 Å². The van der Waals surface area contributed by atoms with Crippen molar-refractivity contribution in [3.05, 3.63) is 66.7 Å². The molecule has 0 N–H and O–H groups in total. The van der Waals surface area contributed by atoms with E-state index < -0.39 is 0 Å². The van der Waals surface area contributed by atoms with Crippen LogP contribution in [-0.4, -0.2) is 12.5 Å². The van der Waals surface area contributed by atoms with E-state index in [-0.39, 0.29) is 5.37 Å². The maximum atomic E-state index is 5.36. The lowest BCUT2D eigenvalue weighted by molar-refractivity contribution is 0.351. The second-order valence-corrected chi connectivity index (χ2v) is 7.91. The van der Waals surface area contributed by atoms with Gasteiger partial charge >= 0.3 is 0 Å². The predicted molar refractivity (Wildman–Crippen MR) is 118 cm³/mol. The monoisotopic (exact) mass is 377 g/mol. The van der Waals surface area contributed by atoms with E-state index in [1.165, 1.54) is 48.6 Å². The molecule has 0 aromatic heterocycles. The molecule has 1 saturated carbocycles. The number of thiol groups is 1. The summed E-state index contributed by atoms with van der Waals surface area (Å²) in [4.78, 5) is 2.42. The van der Waals surface area contributed by atoms with Crippen molar-refractivity contribution in [3.8, 4) is 5.75 Å². The van der Waals surface area contributed by atoms with E-state index in [9.17, 15) is 0 Å². The summed E-state index contributed by atoms with van der Waals surface area (Å²) in [7, 11) is 1.71. The molecule has 1 atom stereocenters. The molecule has 1 unspecified atom stereocenters. The Labute approximate surface area is 167 Å². The number of fused-ring (bicyclic) bond motifs is 1. The van der Waals surface area contributed by atoms with Crippen LogP contribution in [0.15, 0.2) is 66.7 Å². The van der Waals surface area contributed by atoms with E-state index in [0.29, 0.717) is 5.92 Å². The van der Waals surface area contributed by atoms with Crippen molar-refractivity contribution in [2.24, 2.45) is 5.92 Å². The minimum Gasteiger partial charge on any atom is -0.497 e. The Balaban J connectivity index is 1.81. The first-order valence-corrected chi connectivity index (χ1v) is 10.4. The Kier molecular flexibility index (Phi) is 5.58. The van der Waals surface area contributed by atoms with Gasteiger partial charge in [-0.1, -0.05) is 55.7 Å². The van der Waals surface area contributed by atoms with Gasteiger partial charge in [-0.2, -0.15) is 12.6 Å². The maximum Gasteiger partial charge on any atom is 0.119 e. The van der Waals surface area contributed by atoms with Gasteiger partial charge in [-0.05, 0) is 54.5 Å². The van der Waals surface area contributed by atoms with Gasteiger partial charge in [0.05, 0.1) is 12.5 Å². The van der Waals surface area contributed by atoms with Crippen LogP contribution in [0.4, 0.5) is 11.4 Å². The second-order valence-electron chi connectivity index (χ2n) is 7.38. The Morgan fingerprint density at radius 1 is 0.889 bits per heavy atom. The number of anilines is 2. The molecule has 1 aliphatic carbocycles. The van der Waals surface area contributed by atoms with Crippen molar-refractivity contribution < 1.29 is 4.74 Å². The van der Waals surface area contributed by atoms with E-state index in [4.69, 9.17) is 17.4 Å². The van der Waals surface area contributed by atoms with Crippen LogP contribution < -0.4 is 9.64 Å². The minimum absolute atomic E-state index is 0.157. The molecule has 1 aliphatic rings. The minimum atomic E-state index is 0.157. The normalized spacial score (nSPS) is 16.2. The smallest absolute Gasteiger partial charge is 0.119 e. The van der Waals surface area contributed by atoms with Gasteiger partial charge in [0.1, 0.15) is 5.75 Å². The lowest BCUT2D eigenvalue weighted by Crippen LogP contribution is -2.34. The van der Waals surface area contributed by atoms with Crippen LogP contribution in [0.5, 0.6) is 5.75 Å². The molecule has 4 rings (SSSR count). The average Bonchev–Trinajstić information content (AvgIpc) is 2.75. The summed E-state index contributed by atoms with van der Waals surface area (Å²) >= 11 is 5.16. The van der Waals surface area contributed by atoms with Gasteiger partial charge in [0.15, 0.2) is 0 Å². The Bertz CT molecular complexity index is 881. The molecule has 140 valence electrons. The van der Waals surface area contributed by atoms with E-state index in [1.54, 1.807) is 7.11 Å². The molecule has 3 aromatic rings. The van der Waals surface area contributed by atoms with Crippen LogP contribution >= 0.6 is 12.6 Å². The van der Waals surface area contributed by atoms with Crippen molar-refractivity contribution in [1.29, 1.82) is 0 Å². The lowest BCUT2D eigenvalue weighted by Gasteiger charge is -2.38. The topological polar surface area (TPSA) is 12.5 Å². The van der Waals surface area contributed by atoms with Gasteiger partial charge in [0, 0.05) is 16.8 Å². The quantitative estimate of drug-likeness (QED) is 0.387. The Hall–Kier alpha value is -2.13. The second kappa shape index (κ2) is 8.26. The van der Waals surface area contributed by atoms with Gasteiger partial charge < -0.3 is 9.64 Å². The number of methoxy groups -OCH3 is 1. The first-order valence-electron chi connectivity index (χ1n) is 9.87. The summed E-state index contributed by atoms with van der Waals surface area (Å²) in [6, 6.07) is 23.5. The lowest BCUT2D eigenvalue weighted by atomic mass is 9.88. The molecular weight excluding hydrogens is 350 g/mol. The molecule has 0 bridgehead atoms. The van der Waals surface area contributed by atoms with Crippen LogP contribution in [0.1, 0.15) is 32.1 Å². The van der Waals surface area contributed by atoms with Crippen LogP contribution in [-0.2, 0) is 0 Å². The summed E-state index contributed by atoms with van der Waals surface area (Å²) in [6.45, 7) is 0. The van der Waals surface area contributed by atoms with Crippen molar-refractivity contribution >= 4 is 34.8 Å². The third-order valence-electron chi connectivity index (χ3n) is 5.71. The van der Waals surface area contributed by atoms with E-state index >= 15 is 0 Å². The summed E-state index contributed by atoms with van der Waals surface area (Å²) in [5.41, 5.74) is 2.39. The zero-order valence-electron chi connectivity index (χ0n) is 15.8. The highest BCUT2D eigenvalue weighted by molar-refractivity contribution is 7.81. The first kappa shape index (κ1) is 18.2. The molecule has 27 heavy (non-hydrogen) atoms. The highest BCUT2D eigenvalue weighted by Crippen LogP contribution is 2.40. The zero-order chi connectivity index (χ0) is 18.6. The molecule has 2 nitrogen and oxygen atoms in total. The van der Waals surface area contributed by atoms with Crippen LogP contribution in [0.2, 0.25) is 0 Å². The summed E-state index contributed by atoms with van der Waals surface area (Å²) < 4.78 is 5.36. The van der Waals surface area contributed by atoms with Gasteiger partial charge in [0.2, 0.25) is 0 Å². The summed E-state index contributed by atoms with van der Waals surface area (Å²) in [5.74, 6) is 1.48. The van der Waals surface area contributed by atoms with Crippen molar-refractivity contribution in [2.75, 3.05) is 12.0 Å². The van der Waals surface area contributed by atoms with Crippen molar-refractivity contribution in [1.82, 2.24) is 0 Å². The standard InChI is InChI=1S/C24H27NOS/c1-26-21-16-14-20(15-17-21)25(24(27)19-9-3-2-4-10-19)23-13-7-11-18-8-5-6-12-22(18)23/h5-8,11-17,19,24,27H,2-4,9-10H2,1H3. The molecule has 0 radical (unpaired) electrons. The number of rotatable bonds is 5. The van der Waals surface area contributed by atoms with Crippen molar-refractivity contribution in [3.63, 3.8) is 0 Å². The van der Waals surface area contributed by atoms with Gasteiger partial charge in [-0.3, -0.25) is 0 Å². The first-order chi connectivity index (χ1) is 13.3. The molecule has 0 spiro atoms. The van der Waals surface area contributed by atoms with Crippen LogP contribution in [0.25, 0.3) is 10.8 Å². The Morgan fingerprint density at radius 2 is 1.59 bits per heavy atom. The average molecular weight is 378 g/mol. The molecule has 3 heteroatoms. The zero-order valence-corrected chi connectivity index (χ0v) is 16.7. The molecule has 3 aromatic carbocycles. The number of ether oxygens (including phenoxy) is 1. The van der Waals surface area contributed by atoms with Crippen LogP contribution in [0.3, 0.4) is 0 Å². The molecule has 0 heterocycles. The number of hydrogen-bond acceptors (Lipinski definition) is 3. The fourth-order valence-corrected chi connectivity index (χ4v) is 4.79. The Morgan fingerprint density at radius 3 is 2.33 bits per heavy atom. The molecule has 1 fully saturated rings. The van der Waals surface area contributed by atoms with Gasteiger partial charge in [-0.25, -0.2) is 0 Å². The number of nitrogens with zero attached hydrogens (tertiary/aromatic N) is 1. The third-order valence-corrected chi connectivity index (χ3v) is 6.37. The van der Waals surface area contributed by atoms with E-state index in [1.807, 2.05) is 12.1 Å². The maximum absolute atomic E-state index is 5.36. The third kappa shape index (κ3) is 3.79. The summed E-state index contributed by atoms with van der Waals surface area (Å²) in [5, 5.41) is 2.69. The molecule has 0 saturated heterocycles. The van der Waals surface area contributed by atoms with Gasteiger partial charge in [-0.15, -0.1) is 0 Å². The number of benzene rings is 3. The summed E-state index contributed by atoms with van der Waals surface area (Å²) in [6.07, 6.45) is 6.49. The fraction of sp³-hybridized carbons (Fsp3) is 0.333. The fourth-order valence-electron chi connectivity index (χ4n) is 4.24. The largest absolute Gasteiger partial charge is 0.497 e. The molecular formula is C24H27NOS. The highest BCUT2D eigenvalue weighted by Gasteiger charge is 2.28. The predicted octanol–water partition coefficient (Wildman–Crippen LogP) is 6.82. The van der Waals surface area contributed by atoms with Gasteiger partial charge in [0.25, 0.3) is 0 Å². The van der Waals surface area contributed by atoms with Crippen molar-refractivity contribution in [2.45, 2.75) is 37.5 Å².